The van der Waals surface area contributed by atoms with Crippen molar-refractivity contribution in [2.75, 3.05) is 0 Å². The third kappa shape index (κ3) is 4.36. The van der Waals surface area contributed by atoms with Crippen LogP contribution >= 0.6 is 47.6 Å². The van der Waals surface area contributed by atoms with Crippen LogP contribution in [0.5, 0.6) is 0 Å². The Morgan fingerprint density at radius 2 is 1.27 bits per heavy atom. The Kier molecular flexibility index (Phi) is 4.67. The molecule has 0 rings (SSSR count). The van der Waals surface area contributed by atoms with Crippen molar-refractivity contribution >= 4 is 68.2 Å². The van der Waals surface area contributed by atoms with E-state index in [-0.39, 0.29) is 0 Å². The lowest BCUT2D eigenvalue weighted by Gasteiger charge is -1.95. The molecule has 0 N–H and O–H groups in total. The van der Waals surface area contributed by atoms with E-state index >= 15 is 0 Å². The summed E-state index contributed by atoms with van der Waals surface area (Å²) in [6.45, 7) is 0. The van der Waals surface area contributed by atoms with Gasteiger partial charge in [0.2, 0.25) is 0 Å². The summed E-state index contributed by atoms with van der Waals surface area (Å²) in [5.41, 5.74) is 0. The minimum absolute atomic E-state index is 0.578. The zero-order chi connectivity index (χ0) is 9.02. The molecule has 0 unspecified atom stereocenters. The molecule has 0 aliphatic rings. The molecule has 0 saturated heterocycles. The van der Waals surface area contributed by atoms with Crippen LogP contribution in [-0.2, 0) is 14.3 Å². The van der Waals surface area contributed by atoms with Crippen molar-refractivity contribution < 1.29 is 14.3 Å². The number of hydrogen-bond donors (Lipinski definition) is 0. The molecular formula is C4Cl2O3S2. The highest BCUT2D eigenvalue weighted by atomic mass is 35.5. The summed E-state index contributed by atoms with van der Waals surface area (Å²) >= 11 is 18.3. The Hall–Kier alpha value is -0.100. The van der Waals surface area contributed by atoms with E-state index in [4.69, 9.17) is 23.2 Å². The number of rotatable bonds is 2. The summed E-state index contributed by atoms with van der Waals surface area (Å²) in [6.07, 6.45) is 0. The third-order valence-corrected chi connectivity index (χ3v) is 1.15. The van der Waals surface area contributed by atoms with Crippen molar-refractivity contribution in [3.05, 3.63) is 0 Å². The van der Waals surface area contributed by atoms with Crippen molar-refractivity contribution in [1.82, 2.24) is 0 Å². The molecule has 0 aliphatic carbocycles. The Labute approximate surface area is 82.6 Å². The highest BCUT2D eigenvalue weighted by Crippen LogP contribution is 1.94. The van der Waals surface area contributed by atoms with Gasteiger partial charge in [-0.2, -0.15) is 0 Å². The van der Waals surface area contributed by atoms with E-state index in [9.17, 15) is 9.59 Å². The zero-order valence-corrected chi connectivity index (χ0v) is 7.94. The van der Waals surface area contributed by atoms with Gasteiger partial charge in [0.15, 0.2) is 8.65 Å². The van der Waals surface area contributed by atoms with Crippen molar-refractivity contribution in [2.24, 2.45) is 0 Å². The molecule has 7 heteroatoms. The van der Waals surface area contributed by atoms with Gasteiger partial charge in [-0.15, -0.1) is 0 Å². The molecule has 0 saturated carbocycles. The number of esters is 2. The normalized spacial score (nSPS) is 8.55. The van der Waals surface area contributed by atoms with Gasteiger partial charge in [-0.3, -0.25) is 0 Å². The van der Waals surface area contributed by atoms with Gasteiger partial charge in [-0.25, -0.2) is 9.59 Å². The first-order valence-corrected chi connectivity index (χ1v) is 3.68. The summed E-state index contributed by atoms with van der Waals surface area (Å²) < 4.78 is 2.79. The molecule has 0 aliphatic heterocycles. The quantitative estimate of drug-likeness (QED) is 0.309. The Bertz CT molecular complexity index is 213. The fourth-order valence-electron chi connectivity index (χ4n) is 0.164. The number of ether oxygens (including phenoxy) is 1. The van der Waals surface area contributed by atoms with Crippen LogP contribution in [0.3, 0.4) is 0 Å². The zero-order valence-electron chi connectivity index (χ0n) is 4.80. The van der Waals surface area contributed by atoms with Crippen LogP contribution in [0, 0.1) is 0 Å². The van der Waals surface area contributed by atoms with Crippen molar-refractivity contribution in [3.63, 3.8) is 0 Å². The Morgan fingerprint density at radius 3 is 1.45 bits per heavy atom. The van der Waals surface area contributed by atoms with Crippen LogP contribution in [0.2, 0.25) is 0 Å². The average Bonchev–Trinajstić information content (AvgIpc) is 1.87. The number of thiocarbonyl (C=S) groups is 2. The van der Waals surface area contributed by atoms with Crippen LogP contribution in [0.15, 0.2) is 0 Å². The predicted octanol–water partition coefficient (Wildman–Crippen LogP) is 1.19. The fourth-order valence-corrected chi connectivity index (χ4v) is 0.325. The van der Waals surface area contributed by atoms with E-state index in [0.29, 0.717) is 0 Å². The predicted molar refractivity (Wildman–Crippen MR) is 48.0 cm³/mol. The van der Waals surface area contributed by atoms with Gasteiger partial charge in [-0.1, -0.05) is 47.6 Å². The molecule has 0 aromatic carbocycles. The van der Waals surface area contributed by atoms with E-state index < -0.39 is 20.6 Å². The second-order valence-electron chi connectivity index (χ2n) is 1.22. The second-order valence-corrected chi connectivity index (χ2v) is 3.25. The first kappa shape index (κ1) is 10.9. The first-order chi connectivity index (χ1) is 4.95. The molecule has 0 bridgehead atoms. The molecule has 3 nitrogen and oxygen atoms in total. The van der Waals surface area contributed by atoms with Gasteiger partial charge in [0.05, 0.1) is 0 Å². The van der Waals surface area contributed by atoms with E-state index in [1.165, 1.54) is 0 Å². The van der Waals surface area contributed by atoms with Gasteiger partial charge < -0.3 is 4.74 Å². The SMILES string of the molecule is O=C(OC(=O)C(=S)Cl)C(=S)Cl. The molecule has 0 fully saturated rings. The van der Waals surface area contributed by atoms with Gasteiger partial charge >= 0.3 is 11.9 Å². The van der Waals surface area contributed by atoms with Gasteiger partial charge in [-0.05, 0) is 0 Å². The number of carbonyl (C=O) groups excluding carboxylic acids is 2. The molecule has 0 atom stereocenters. The number of hydrogen-bond acceptors (Lipinski definition) is 5. The molecule has 0 heterocycles. The minimum atomic E-state index is -1.13. The van der Waals surface area contributed by atoms with Crippen LogP contribution in [0.1, 0.15) is 0 Å². The fraction of sp³-hybridized carbons (Fsp3) is 0. The summed E-state index contributed by atoms with van der Waals surface area (Å²) in [5, 5.41) is 0. The largest absolute Gasteiger partial charge is 0.383 e. The van der Waals surface area contributed by atoms with E-state index in [2.05, 4.69) is 29.2 Å². The average molecular weight is 231 g/mol. The van der Waals surface area contributed by atoms with Crippen LogP contribution in [0.25, 0.3) is 0 Å². The maximum absolute atomic E-state index is 10.4. The van der Waals surface area contributed by atoms with Gasteiger partial charge in [0, 0.05) is 0 Å². The monoisotopic (exact) mass is 230 g/mol. The van der Waals surface area contributed by atoms with Crippen molar-refractivity contribution in [2.45, 2.75) is 0 Å². The van der Waals surface area contributed by atoms with Crippen LogP contribution in [0.4, 0.5) is 0 Å². The summed E-state index contributed by atoms with van der Waals surface area (Å²) in [6, 6.07) is 0. The third-order valence-electron chi connectivity index (χ3n) is 0.506. The topological polar surface area (TPSA) is 43.4 Å². The molecular weight excluding hydrogens is 231 g/mol. The van der Waals surface area contributed by atoms with E-state index in [0.717, 1.165) is 0 Å². The lowest BCUT2D eigenvalue weighted by atomic mass is 10.7. The maximum atomic E-state index is 10.4. The lowest BCUT2D eigenvalue weighted by Crippen LogP contribution is -2.19. The minimum Gasteiger partial charge on any atom is -0.383 e. The van der Waals surface area contributed by atoms with Crippen molar-refractivity contribution in [3.8, 4) is 0 Å². The maximum Gasteiger partial charge on any atom is 0.368 e. The molecule has 0 radical (unpaired) electrons. The van der Waals surface area contributed by atoms with E-state index in [1.807, 2.05) is 0 Å². The van der Waals surface area contributed by atoms with E-state index in [1.54, 1.807) is 0 Å². The summed E-state index contributed by atoms with van der Waals surface area (Å²) in [7, 11) is 0. The highest BCUT2D eigenvalue weighted by molar-refractivity contribution is 7.85. The molecule has 60 valence electrons. The van der Waals surface area contributed by atoms with Crippen LogP contribution < -0.4 is 0 Å². The lowest BCUT2D eigenvalue weighted by molar-refractivity contribution is -0.149. The Morgan fingerprint density at radius 1 is 1.00 bits per heavy atom. The second kappa shape index (κ2) is 4.71. The number of halogens is 2. The number of carbonyl (C=O) groups is 2. The van der Waals surface area contributed by atoms with Gasteiger partial charge in [0.1, 0.15) is 0 Å². The summed E-state index contributed by atoms with van der Waals surface area (Å²) in [4.78, 5) is 20.8. The smallest absolute Gasteiger partial charge is 0.368 e. The first-order valence-electron chi connectivity index (χ1n) is 2.10. The highest BCUT2D eigenvalue weighted by Gasteiger charge is 2.15. The molecule has 0 aromatic rings. The Balaban J connectivity index is 4.07. The molecule has 0 spiro atoms. The summed E-state index contributed by atoms with van der Waals surface area (Å²) in [5.74, 6) is -2.26. The molecule has 11 heavy (non-hydrogen) atoms. The van der Waals surface area contributed by atoms with Gasteiger partial charge in [0.25, 0.3) is 0 Å². The molecule has 0 aromatic heterocycles. The van der Waals surface area contributed by atoms with Crippen molar-refractivity contribution in [1.29, 1.82) is 0 Å². The van der Waals surface area contributed by atoms with Crippen LogP contribution in [-0.4, -0.2) is 20.6 Å². The standard InChI is InChI=1S/C4Cl2O3S2/c5-1(10)3(7)9-4(8)2(6)11. The molecule has 0 amide bonds.